The summed E-state index contributed by atoms with van der Waals surface area (Å²) in [4.78, 5) is 0. The van der Waals surface area contributed by atoms with Gasteiger partial charge in [0.05, 0.1) is 12.8 Å². The smallest absolute Gasteiger partial charge is 0.118 e. The summed E-state index contributed by atoms with van der Waals surface area (Å²) in [5.74, 6) is 1.24. The maximum atomic E-state index is 5.19. The molecule has 0 saturated heterocycles. The first-order chi connectivity index (χ1) is 8.79. The van der Waals surface area contributed by atoms with Gasteiger partial charge in [-0.3, -0.25) is 5.10 Å². The zero-order valence-electron chi connectivity index (χ0n) is 10.9. The van der Waals surface area contributed by atoms with E-state index in [1.165, 1.54) is 35.4 Å². The molecule has 1 aliphatic rings. The summed E-state index contributed by atoms with van der Waals surface area (Å²) in [7, 11) is 1.69. The molecule has 94 valence electrons. The highest BCUT2D eigenvalue weighted by molar-refractivity contribution is 5.39. The summed E-state index contributed by atoms with van der Waals surface area (Å²) in [6, 6.07) is 8.27. The van der Waals surface area contributed by atoms with Crippen LogP contribution >= 0.6 is 0 Å². The van der Waals surface area contributed by atoms with Crippen molar-refractivity contribution in [2.75, 3.05) is 7.11 Å². The van der Waals surface area contributed by atoms with Crippen LogP contribution in [0.25, 0.3) is 0 Å². The standard InChI is InChI=1S/C15H18N2O/c1-10(11-6-8-12(18-2)9-7-11)15-13-4-3-5-14(13)16-17-15/h6-10H,3-5H2,1-2H3,(H,16,17). The van der Waals surface area contributed by atoms with E-state index in [-0.39, 0.29) is 0 Å². The fourth-order valence-electron chi connectivity index (χ4n) is 2.75. The summed E-state index contributed by atoms with van der Waals surface area (Å²) in [6.45, 7) is 2.22. The van der Waals surface area contributed by atoms with Crippen molar-refractivity contribution in [3.05, 3.63) is 46.8 Å². The van der Waals surface area contributed by atoms with E-state index in [4.69, 9.17) is 4.74 Å². The Bertz CT molecular complexity index is 542. The SMILES string of the molecule is COc1ccc(C(C)c2n[nH]c3c2CCC3)cc1. The lowest BCUT2D eigenvalue weighted by Crippen LogP contribution is -2.00. The number of aromatic amines is 1. The molecule has 3 nitrogen and oxygen atoms in total. The summed E-state index contributed by atoms with van der Waals surface area (Å²) in [5, 5.41) is 7.69. The van der Waals surface area contributed by atoms with Crippen LogP contribution in [0.5, 0.6) is 5.75 Å². The van der Waals surface area contributed by atoms with Crippen LogP contribution in [0.2, 0.25) is 0 Å². The maximum absolute atomic E-state index is 5.19. The van der Waals surface area contributed by atoms with Gasteiger partial charge in [-0.05, 0) is 42.5 Å². The van der Waals surface area contributed by atoms with Gasteiger partial charge in [-0.15, -0.1) is 0 Å². The van der Waals surface area contributed by atoms with Crippen molar-refractivity contribution in [1.82, 2.24) is 10.2 Å². The molecule has 0 radical (unpaired) electrons. The van der Waals surface area contributed by atoms with Crippen LogP contribution in [0.15, 0.2) is 24.3 Å². The molecule has 3 heteroatoms. The number of methoxy groups -OCH3 is 1. The molecule has 1 aliphatic carbocycles. The number of nitrogens with zero attached hydrogens (tertiary/aromatic N) is 1. The molecule has 0 amide bonds. The third-order valence-corrected chi connectivity index (χ3v) is 3.86. The van der Waals surface area contributed by atoms with Gasteiger partial charge in [0.1, 0.15) is 5.75 Å². The number of hydrogen-bond donors (Lipinski definition) is 1. The average molecular weight is 242 g/mol. The van der Waals surface area contributed by atoms with E-state index in [1.807, 2.05) is 12.1 Å². The molecule has 3 rings (SSSR count). The molecule has 1 aromatic heterocycles. The first kappa shape index (κ1) is 11.3. The lowest BCUT2D eigenvalue weighted by Gasteiger charge is -2.11. The third-order valence-electron chi connectivity index (χ3n) is 3.86. The van der Waals surface area contributed by atoms with Crippen LogP contribution in [-0.2, 0) is 12.8 Å². The van der Waals surface area contributed by atoms with Crippen molar-refractivity contribution in [3.63, 3.8) is 0 Å². The number of aromatic nitrogens is 2. The molecule has 0 fully saturated rings. The van der Waals surface area contributed by atoms with E-state index in [9.17, 15) is 0 Å². The quantitative estimate of drug-likeness (QED) is 0.898. The second kappa shape index (κ2) is 4.48. The molecule has 0 aliphatic heterocycles. The molecule has 2 aromatic rings. The van der Waals surface area contributed by atoms with Crippen LogP contribution in [0.1, 0.15) is 41.8 Å². The van der Waals surface area contributed by atoms with E-state index >= 15 is 0 Å². The second-order valence-electron chi connectivity index (χ2n) is 4.91. The highest BCUT2D eigenvalue weighted by Crippen LogP contribution is 2.31. The average Bonchev–Trinajstić information content (AvgIpc) is 3.00. The number of fused-ring (bicyclic) bond motifs is 1. The highest BCUT2D eigenvalue weighted by atomic mass is 16.5. The number of aryl methyl sites for hydroxylation is 1. The van der Waals surface area contributed by atoms with Gasteiger partial charge in [-0.2, -0.15) is 5.10 Å². The molecular formula is C15H18N2O. The summed E-state index contributed by atoms with van der Waals surface area (Å²) >= 11 is 0. The Kier molecular flexibility index (Phi) is 2.82. The molecule has 1 heterocycles. The number of benzene rings is 1. The van der Waals surface area contributed by atoms with Gasteiger partial charge < -0.3 is 4.74 Å². The Morgan fingerprint density at radius 2 is 2.00 bits per heavy atom. The van der Waals surface area contributed by atoms with E-state index in [0.29, 0.717) is 5.92 Å². The molecule has 1 atom stereocenters. The van der Waals surface area contributed by atoms with Gasteiger partial charge in [0.2, 0.25) is 0 Å². The summed E-state index contributed by atoms with van der Waals surface area (Å²) in [6.07, 6.45) is 3.57. The lowest BCUT2D eigenvalue weighted by molar-refractivity contribution is 0.414. The molecular weight excluding hydrogens is 224 g/mol. The molecule has 1 unspecified atom stereocenters. The van der Waals surface area contributed by atoms with E-state index in [0.717, 1.165) is 12.2 Å². The number of H-pyrrole nitrogens is 1. The minimum Gasteiger partial charge on any atom is -0.497 e. The van der Waals surface area contributed by atoms with Crippen LogP contribution in [0.3, 0.4) is 0 Å². The number of hydrogen-bond acceptors (Lipinski definition) is 2. The normalized spacial score (nSPS) is 15.4. The maximum Gasteiger partial charge on any atom is 0.118 e. The van der Waals surface area contributed by atoms with Gasteiger partial charge >= 0.3 is 0 Å². The molecule has 1 N–H and O–H groups in total. The minimum atomic E-state index is 0.342. The Hall–Kier alpha value is -1.77. The molecule has 0 bridgehead atoms. The highest BCUT2D eigenvalue weighted by Gasteiger charge is 2.22. The van der Waals surface area contributed by atoms with Crippen LogP contribution in [-0.4, -0.2) is 17.3 Å². The summed E-state index contributed by atoms with van der Waals surface area (Å²) < 4.78 is 5.19. The van der Waals surface area contributed by atoms with Gasteiger partial charge in [0.15, 0.2) is 0 Å². The largest absolute Gasteiger partial charge is 0.497 e. The van der Waals surface area contributed by atoms with Gasteiger partial charge in [0, 0.05) is 11.6 Å². The monoisotopic (exact) mass is 242 g/mol. The zero-order chi connectivity index (χ0) is 12.5. The van der Waals surface area contributed by atoms with Crippen molar-refractivity contribution in [3.8, 4) is 5.75 Å². The van der Waals surface area contributed by atoms with Gasteiger partial charge in [-0.25, -0.2) is 0 Å². The van der Waals surface area contributed by atoms with Crippen molar-refractivity contribution < 1.29 is 4.74 Å². The van der Waals surface area contributed by atoms with Crippen molar-refractivity contribution in [1.29, 1.82) is 0 Å². The van der Waals surface area contributed by atoms with E-state index in [2.05, 4.69) is 29.3 Å². The van der Waals surface area contributed by atoms with Crippen molar-refractivity contribution >= 4 is 0 Å². The Morgan fingerprint density at radius 3 is 2.72 bits per heavy atom. The summed E-state index contributed by atoms with van der Waals surface area (Å²) in [5.41, 5.74) is 5.29. The molecule has 0 saturated carbocycles. The fraction of sp³-hybridized carbons (Fsp3) is 0.400. The number of ether oxygens (including phenoxy) is 1. The first-order valence-corrected chi connectivity index (χ1v) is 6.49. The molecule has 0 spiro atoms. The minimum absolute atomic E-state index is 0.342. The topological polar surface area (TPSA) is 37.9 Å². The van der Waals surface area contributed by atoms with Gasteiger partial charge in [0.25, 0.3) is 0 Å². The molecule has 1 aromatic carbocycles. The first-order valence-electron chi connectivity index (χ1n) is 6.49. The van der Waals surface area contributed by atoms with E-state index < -0.39 is 0 Å². The predicted molar refractivity (Wildman–Crippen MR) is 71.1 cm³/mol. The second-order valence-corrected chi connectivity index (χ2v) is 4.91. The number of nitrogens with one attached hydrogen (secondary N) is 1. The van der Waals surface area contributed by atoms with Crippen LogP contribution in [0.4, 0.5) is 0 Å². The Balaban J connectivity index is 1.91. The van der Waals surface area contributed by atoms with Crippen LogP contribution in [0, 0.1) is 0 Å². The van der Waals surface area contributed by atoms with Crippen molar-refractivity contribution in [2.45, 2.75) is 32.1 Å². The van der Waals surface area contributed by atoms with Gasteiger partial charge in [-0.1, -0.05) is 19.1 Å². The zero-order valence-corrected chi connectivity index (χ0v) is 10.9. The van der Waals surface area contributed by atoms with Crippen LogP contribution < -0.4 is 4.74 Å². The number of rotatable bonds is 3. The Labute approximate surface area is 107 Å². The lowest BCUT2D eigenvalue weighted by atomic mass is 9.94. The fourth-order valence-corrected chi connectivity index (χ4v) is 2.75. The molecule has 18 heavy (non-hydrogen) atoms. The van der Waals surface area contributed by atoms with Crippen molar-refractivity contribution in [2.24, 2.45) is 0 Å². The Morgan fingerprint density at radius 1 is 1.22 bits per heavy atom. The predicted octanol–water partition coefficient (Wildman–Crippen LogP) is 3.06. The third kappa shape index (κ3) is 1.80. The van der Waals surface area contributed by atoms with E-state index in [1.54, 1.807) is 7.11 Å².